The lowest BCUT2D eigenvalue weighted by Crippen LogP contribution is -2.25. The van der Waals surface area contributed by atoms with Crippen LogP contribution in [0.5, 0.6) is 0 Å². The zero-order chi connectivity index (χ0) is 23.1. The van der Waals surface area contributed by atoms with Crippen LogP contribution in [0.2, 0.25) is 0 Å². The van der Waals surface area contributed by atoms with Gasteiger partial charge in [0.2, 0.25) is 0 Å². The van der Waals surface area contributed by atoms with E-state index in [0.29, 0.717) is 5.92 Å². The fourth-order valence-corrected chi connectivity index (χ4v) is 7.39. The van der Waals surface area contributed by atoms with Gasteiger partial charge in [-0.2, -0.15) is 0 Å². The van der Waals surface area contributed by atoms with E-state index in [1.54, 1.807) is 0 Å². The molecule has 0 amide bonds. The lowest BCUT2D eigenvalue weighted by atomic mass is 9.98. The first kappa shape index (κ1) is 24.5. The predicted octanol–water partition coefficient (Wildman–Crippen LogP) is 8.81. The van der Waals surface area contributed by atoms with Crippen molar-refractivity contribution in [3.63, 3.8) is 0 Å². The molecular weight excluding hydrogens is 429 g/mol. The van der Waals surface area contributed by atoms with Crippen LogP contribution in [0.3, 0.4) is 0 Å². The van der Waals surface area contributed by atoms with Crippen molar-refractivity contribution >= 4 is 13.3 Å². The lowest BCUT2D eigenvalue weighted by molar-refractivity contribution is 0.0758. The van der Waals surface area contributed by atoms with E-state index in [1.807, 2.05) is 30.3 Å². The van der Waals surface area contributed by atoms with E-state index in [4.69, 9.17) is 9.05 Å². The molecule has 4 nitrogen and oxygen atoms in total. The van der Waals surface area contributed by atoms with E-state index < -0.39 is 13.4 Å². The summed E-state index contributed by atoms with van der Waals surface area (Å²) < 4.78 is 27.8. The molecule has 5 heteroatoms. The summed E-state index contributed by atoms with van der Waals surface area (Å²) in [7, 11) is -3.50. The molecule has 2 fully saturated rings. The maximum atomic E-state index is 14.8. The van der Waals surface area contributed by atoms with Crippen LogP contribution in [-0.2, 0) is 13.6 Å². The van der Waals surface area contributed by atoms with Crippen LogP contribution in [0, 0.1) is 0 Å². The van der Waals surface area contributed by atoms with Gasteiger partial charge < -0.3 is 14.4 Å². The van der Waals surface area contributed by atoms with Gasteiger partial charge in [0, 0.05) is 5.69 Å². The van der Waals surface area contributed by atoms with Crippen LogP contribution in [0.1, 0.15) is 101 Å². The Bertz CT molecular complexity index is 863. The van der Waals surface area contributed by atoms with Crippen LogP contribution >= 0.6 is 7.60 Å². The number of nitrogens with one attached hydrogen (secondary N) is 1. The minimum atomic E-state index is -3.50. The topological polar surface area (TPSA) is 47.6 Å². The molecule has 2 aliphatic rings. The van der Waals surface area contributed by atoms with Crippen molar-refractivity contribution in [1.82, 2.24) is 0 Å². The van der Waals surface area contributed by atoms with E-state index in [-0.39, 0.29) is 12.2 Å². The monoisotopic (exact) mass is 469 g/mol. The Kier molecular flexibility index (Phi) is 8.68. The van der Waals surface area contributed by atoms with Crippen molar-refractivity contribution in [2.24, 2.45) is 0 Å². The van der Waals surface area contributed by atoms with Gasteiger partial charge in [0.05, 0.1) is 12.2 Å². The van der Waals surface area contributed by atoms with Gasteiger partial charge in [-0.3, -0.25) is 4.57 Å². The van der Waals surface area contributed by atoms with E-state index in [9.17, 15) is 4.57 Å². The van der Waals surface area contributed by atoms with Crippen molar-refractivity contribution in [2.75, 3.05) is 5.32 Å². The van der Waals surface area contributed by atoms with Crippen molar-refractivity contribution in [2.45, 2.75) is 102 Å². The normalized spacial score (nSPS) is 19.5. The fraction of sp³-hybridized carbons (Fsp3) is 0.571. The number of rotatable bonds is 9. The van der Waals surface area contributed by atoms with Crippen LogP contribution in [0.25, 0.3) is 0 Å². The van der Waals surface area contributed by atoms with Gasteiger partial charge in [0.1, 0.15) is 0 Å². The average Bonchev–Trinajstić information content (AvgIpc) is 2.84. The van der Waals surface area contributed by atoms with E-state index in [2.05, 4.69) is 43.4 Å². The third-order valence-electron chi connectivity index (χ3n) is 7.01. The molecule has 0 heterocycles. The van der Waals surface area contributed by atoms with E-state index in [0.717, 1.165) is 62.6 Å². The summed E-state index contributed by atoms with van der Waals surface area (Å²) in [5.74, 6) is -0.0895. The molecule has 0 aromatic heterocycles. The molecule has 2 saturated carbocycles. The predicted molar refractivity (Wildman–Crippen MR) is 137 cm³/mol. The Morgan fingerprint density at radius 1 is 0.727 bits per heavy atom. The van der Waals surface area contributed by atoms with E-state index >= 15 is 0 Å². The molecule has 0 unspecified atom stereocenters. The molecule has 1 N–H and O–H groups in total. The Balaban J connectivity index is 1.68. The zero-order valence-electron chi connectivity index (χ0n) is 20.2. The number of para-hydroxylation sites is 1. The minimum Gasteiger partial charge on any atom is -0.368 e. The minimum absolute atomic E-state index is 0.00295. The molecular formula is C28H40NO3P. The molecule has 0 spiro atoms. The van der Waals surface area contributed by atoms with Crippen LogP contribution in [-0.4, -0.2) is 12.2 Å². The average molecular weight is 470 g/mol. The van der Waals surface area contributed by atoms with Gasteiger partial charge in [0.15, 0.2) is 5.78 Å². The van der Waals surface area contributed by atoms with Crippen LogP contribution < -0.4 is 5.32 Å². The summed E-state index contributed by atoms with van der Waals surface area (Å²) in [5, 5.41) is 3.55. The van der Waals surface area contributed by atoms with Crippen LogP contribution in [0.15, 0.2) is 54.6 Å². The third kappa shape index (κ3) is 6.72. The van der Waals surface area contributed by atoms with Gasteiger partial charge in [-0.15, -0.1) is 0 Å². The van der Waals surface area contributed by atoms with Crippen molar-refractivity contribution in [1.29, 1.82) is 0 Å². The standard InChI is InChI=1S/C28H40NO3P/c1-22(2)23-18-20-24(21-19-23)28(29-25-12-6-3-7-13-25)33(30,31-26-14-8-4-9-15-26)32-27-16-10-5-11-17-27/h3,6-7,12-13,18-22,26-29H,4-5,8-11,14-17H2,1-2H3/t28-/m0/s1. The molecule has 0 bridgehead atoms. The highest BCUT2D eigenvalue weighted by Crippen LogP contribution is 2.64. The second kappa shape index (κ2) is 11.7. The summed E-state index contributed by atoms with van der Waals surface area (Å²) in [6.07, 6.45) is 10.8. The van der Waals surface area contributed by atoms with E-state index in [1.165, 1.54) is 18.4 Å². The highest BCUT2D eigenvalue weighted by Gasteiger charge is 2.42. The van der Waals surface area contributed by atoms with Gasteiger partial charge in [0.25, 0.3) is 0 Å². The highest BCUT2D eigenvalue weighted by molar-refractivity contribution is 7.54. The molecule has 1 atom stereocenters. The maximum Gasteiger partial charge on any atom is 0.357 e. The Labute approximate surface area is 200 Å². The number of hydrogen-bond donors (Lipinski definition) is 1. The molecule has 2 aliphatic carbocycles. The van der Waals surface area contributed by atoms with Gasteiger partial charge in [-0.05, 0) is 54.9 Å². The summed E-state index contributed by atoms with van der Waals surface area (Å²) in [4.78, 5) is 0. The lowest BCUT2D eigenvalue weighted by Gasteiger charge is -2.36. The molecule has 33 heavy (non-hydrogen) atoms. The molecule has 4 rings (SSSR count). The summed E-state index contributed by atoms with van der Waals surface area (Å²) in [6, 6.07) is 18.5. The SMILES string of the molecule is CC(C)c1ccc([C@@H](Nc2ccccc2)P(=O)(OC2CCCCC2)OC2CCCCC2)cc1. The van der Waals surface area contributed by atoms with Gasteiger partial charge in [-0.1, -0.05) is 94.8 Å². The Morgan fingerprint density at radius 3 is 1.70 bits per heavy atom. The fourth-order valence-electron chi connectivity index (χ4n) is 5.00. The number of anilines is 1. The maximum absolute atomic E-state index is 14.8. The molecule has 180 valence electrons. The Morgan fingerprint density at radius 2 is 1.21 bits per heavy atom. The number of hydrogen-bond acceptors (Lipinski definition) is 4. The summed E-state index contributed by atoms with van der Waals surface area (Å²) in [5.41, 5.74) is 3.15. The second-order valence-corrected chi connectivity index (χ2v) is 12.0. The highest BCUT2D eigenvalue weighted by atomic mass is 31.2. The zero-order valence-corrected chi connectivity index (χ0v) is 21.1. The first-order chi connectivity index (χ1) is 16.0. The summed E-state index contributed by atoms with van der Waals surface area (Å²) in [6.45, 7) is 4.38. The molecule has 2 aromatic rings. The Hall–Kier alpha value is -1.61. The van der Waals surface area contributed by atoms with Gasteiger partial charge in [-0.25, -0.2) is 0 Å². The molecule has 0 radical (unpaired) electrons. The first-order valence-electron chi connectivity index (χ1n) is 12.9. The number of benzene rings is 2. The van der Waals surface area contributed by atoms with Crippen LogP contribution in [0.4, 0.5) is 5.69 Å². The van der Waals surface area contributed by atoms with Crippen molar-refractivity contribution < 1.29 is 13.6 Å². The third-order valence-corrected chi connectivity index (χ3v) is 9.25. The smallest absolute Gasteiger partial charge is 0.357 e. The van der Waals surface area contributed by atoms with Crippen molar-refractivity contribution in [3.8, 4) is 0 Å². The van der Waals surface area contributed by atoms with Gasteiger partial charge >= 0.3 is 7.60 Å². The molecule has 0 saturated heterocycles. The summed E-state index contributed by atoms with van der Waals surface area (Å²) >= 11 is 0. The van der Waals surface area contributed by atoms with Crippen molar-refractivity contribution in [3.05, 3.63) is 65.7 Å². The largest absolute Gasteiger partial charge is 0.368 e. The first-order valence-corrected chi connectivity index (χ1v) is 14.5. The quantitative estimate of drug-likeness (QED) is 0.373. The second-order valence-electron chi connectivity index (χ2n) is 10.0. The molecule has 2 aromatic carbocycles. The molecule has 0 aliphatic heterocycles.